The molecule has 0 aliphatic rings. The molecule has 25 heavy (non-hydrogen) atoms. The molecule has 0 unspecified atom stereocenters. The van der Waals surface area contributed by atoms with Crippen molar-refractivity contribution in [3.63, 3.8) is 0 Å². The molecular formula is C20H23NO4. The largest absolute Gasteiger partial charge is 0.489 e. The van der Waals surface area contributed by atoms with Gasteiger partial charge in [-0.25, -0.2) is 0 Å². The number of rotatable bonds is 9. The number of methoxy groups -OCH3 is 1. The average Bonchev–Trinajstić information content (AvgIpc) is 2.66. The van der Waals surface area contributed by atoms with E-state index in [0.717, 1.165) is 16.9 Å². The van der Waals surface area contributed by atoms with Crippen molar-refractivity contribution in [2.45, 2.75) is 18.8 Å². The Morgan fingerprint density at radius 1 is 1.16 bits per heavy atom. The highest BCUT2D eigenvalue weighted by atomic mass is 16.5. The molecule has 2 rings (SSSR count). The van der Waals surface area contributed by atoms with Crippen LogP contribution in [0.3, 0.4) is 0 Å². The normalized spacial score (nSPS) is 12.9. The molecule has 0 saturated carbocycles. The highest BCUT2D eigenvalue weighted by Crippen LogP contribution is 2.23. The van der Waals surface area contributed by atoms with E-state index in [1.54, 1.807) is 0 Å². The number of esters is 1. The number of ether oxygens (including phenoxy) is 3. The van der Waals surface area contributed by atoms with Crippen molar-refractivity contribution in [2.24, 2.45) is 5.73 Å². The Hall–Kier alpha value is -2.63. The summed E-state index contributed by atoms with van der Waals surface area (Å²) in [6.45, 7) is 4.11. The van der Waals surface area contributed by atoms with Crippen molar-refractivity contribution in [3.8, 4) is 5.75 Å². The maximum absolute atomic E-state index is 11.9. The molecule has 0 aromatic heterocycles. The molecule has 0 aliphatic heterocycles. The highest BCUT2D eigenvalue weighted by molar-refractivity contribution is 5.76. The van der Waals surface area contributed by atoms with Crippen LogP contribution in [0.2, 0.25) is 0 Å². The van der Waals surface area contributed by atoms with Crippen LogP contribution < -0.4 is 10.5 Å². The molecule has 0 amide bonds. The van der Waals surface area contributed by atoms with Gasteiger partial charge in [-0.3, -0.25) is 4.79 Å². The fourth-order valence-corrected chi connectivity index (χ4v) is 2.35. The summed E-state index contributed by atoms with van der Waals surface area (Å²) in [5.41, 5.74) is 7.82. The van der Waals surface area contributed by atoms with Gasteiger partial charge in [-0.15, -0.1) is 0 Å². The average molecular weight is 341 g/mol. The third-order valence-corrected chi connectivity index (χ3v) is 3.65. The van der Waals surface area contributed by atoms with Gasteiger partial charge < -0.3 is 19.9 Å². The van der Waals surface area contributed by atoms with Crippen molar-refractivity contribution in [1.29, 1.82) is 0 Å². The highest BCUT2D eigenvalue weighted by Gasteiger charge is 2.27. The van der Waals surface area contributed by atoms with Crippen LogP contribution in [0.5, 0.6) is 5.75 Å². The monoisotopic (exact) mass is 341 g/mol. The van der Waals surface area contributed by atoms with E-state index < -0.39 is 18.1 Å². The molecule has 0 saturated heterocycles. The first-order chi connectivity index (χ1) is 12.2. The molecule has 2 N–H and O–H groups in total. The Morgan fingerprint density at radius 2 is 1.84 bits per heavy atom. The lowest BCUT2D eigenvalue weighted by Crippen LogP contribution is -2.39. The van der Waals surface area contributed by atoms with Crippen molar-refractivity contribution in [2.75, 3.05) is 13.7 Å². The number of carbonyl (C=O) groups excluding carboxylic acids is 1. The van der Waals surface area contributed by atoms with Gasteiger partial charge in [-0.1, -0.05) is 55.1 Å². The fourth-order valence-electron chi connectivity index (χ4n) is 2.35. The van der Waals surface area contributed by atoms with Gasteiger partial charge in [-0.05, 0) is 23.3 Å². The molecule has 0 fully saturated rings. The van der Waals surface area contributed by atoms with E-state index in [0.29, 0.717) is 6.61 Å². The Balaban J connectivity index is 1.98. The van der Waals surface area contributed by atoms with E-state index in [1.165, 1.54) is 13.2 Å². The second kappa shape index (κ2) is 9.61. The van der Waals surface area contributed by atoms with Gasteiger partial charge in [0.1, 0.15) is 31.1 Å². The van der Waals surface area contributed by atoms with Crippen LogP contribution >= 0.6 is 0 Å². The number of benzene rings is 2. The first-order valence-corrected chi connectivity index (χ1v) is 7.98. The number of hydrogen-bond acceptors (Lipinski definition) is 5. The van der Waals surface area contributed by atoms with E-state index in [9.17, 15) is 4.79 Å². The minimum Gasteiger partial charge on any atom is -0.489 e. The molecule has 2 atom stereocenters. The van der Waals surface area contributed by atoms with Crippen molar-refractivity contribution in [3.05, 3.63) is 78.4 Å². The van der Waals surface area contributed by atoms with Crippen LogP contribution in [0.1, 0.15) is 17.2 Å². The summed E-state index contributed by atoms with van der Waals surface area (Å²) in [6.07, 6.45) is 0.895. The number of nitrogens with two attached hydrogens (primary N) is 1. The lowest BCUT2D eigenvalue weighted by molar-refractivity contribution is -0.147. The van der Waals surface area contributed by atoms with E-state index in [4.69, 9.17) is 19.9 Å². The topological polar surface area (TPSA) is 70.8 Å². The Morgan fingerprint density at radius 3 is 2.44 bits per heavy atom. The summed E-state index contributed by atoms with van der Waals surface area (Å²) >= 11 is 0. The Labute approximate surface area is 148 Å². The summed E-state index contributed by atoms with van der Waals surface area (Å²) in [5, 5.41) is 0. The smallest absolute Gasteiger partial charge is 0.326 e. The minimum atomic E-state index is -0.916. The SMILES string of the molecule is C=CCOC(=O)[C@H](N)[C@H](OC)c1ccc(OCc2ccccc2)cc1. The summed E-state index contributed by atoms with van der Waals surface area (Å²) < 4.78 is 16.1. The molecule has 5 heteroatoms. The van der Waals surface area contributed by atoms with Gasteiger partial charge in [0.2, 0.25) is 0 Å². The standard InChI is InChI=1S/C20H23NO4/c1-3-13-24-20(22)18(21)19(23-2)16-9-11-17(12-10-16)25-14-15-7-5-4-6-8-15/h3-12,18-19H,1,13-14,21H2,2H3/t18-,19-/m1/s1. The summed E-state index contributed by atoms with van der Waals surface area (Å²) in [4.78, 5) is 11.9. The zero-order chi connectivity index (χ0) is 18.1. The first-order valence-electron chi connectivity index (χ1n) is 7.98. The van der Waals surface area contributed by atoms with Gasteiger partial charge >= 0.3 is 5.97 Å². The lowest BCUT2D eigenvalue weighted by atomic mass is 10.0. The van der Waals surface area contributed by atoms with E-state index in [-0.39, 0.29) is 6.61 Å². The van der Waals surface area contributed by atoms with E-state index in [2.05, 4.69) is 6.58 Å². The van der Waals surface area contributed by atoms with Gasteiger partial charge in [0.25, 0.3) is 0 Å². The second-order valence-corrected chi connectivity index (χ2v) is 5.44. The molecule has 0 aliphatic carbocycles. The zero-order valence-corrected chi connectivity index (χ0v) is 14.3. The molecule has 0 heterocycles. The van der Waals surface area contributed by atoms with Crippen molar-refractivity contribution >= 4 is 5.97 Å². The summed E-state index contributed by atoms with van der Waals surface area (Å²) in [7, 11) is 1.51. The minimum absolute atomic E-state index is 0.120. The van der Waals surface area contributed by atoms with Crippen LogP contribution in [0, 0.1) is 0 Å². The Kier molecular flexibility index (Phi) is 7.19. The molecule has 2 aromatic rings. The first kappa shape index (κ1) is 18.7. The van der Waals surface area contributed by atoms with Gasteiger partial charge in [0.15, 0.2) is 0 Å². The van der Waals surface area contributed by atoms with Crippen LogP contribution in [0.25, 0.3) is 0 Å². The third-order valence-electron chi connectivity index (χ3n) is 3.65. The van der Waals surface area contributed by atoms with E-state index >= 15 is 0 Å². The second-order valence-electron chi connectivity index (χ2n) is 5.44. The van der Waals surface area contributed by atoms with Crippen LogP contribution in [-0.2, 0) is 20.9 Å². The summed E-state index contributed by atoms with van der Waals surface area (Å²) in [5.74, 6) is 0.196. The molecule has 132 valence electrons. The molecule has 2 aromatic carbocycles. The quantitative estimate of drug-likeness (QED) is 0.561. The maximum Gasteiger partial charge on any atom is 0.326 e. The van der Waals surface area contributed by atoms with Crippen molar-refractivity contribution in [1.82, 2.24) is 0 Å². The van der Waals surface area contributed by atoms with Crippen LogP contribution in [0.15, 0.2) is 67.3 Å². The summed E-state index contributed by atoms with van der Waals surface area (Å²) in [6, 6.07) is 16.3. The maximum atomic E-state index is 11.9. The molecule has 0 radical (unpaired) electrons. The van der Waals surface area contributed by atoms with Crippen LogP contribution in [0.4, 0.5) is 0 Å². The van der Waals surface area contributed by atoms with Gasteiger partial charge in [0.05, 0.1) is 0 Å². The molecule has 0 bridgehead atoms. The molecular weight excluding hydrogens is 318 g/mol. The third kappa shape index (κ3) is 5.45. The Bertz CT molecular complexity index is 670. The van der Waals surface area contributed by atoms with E-state index in [1.807, 2.05) is 54.6 Å². The fraction of sp³-hybridized carbons (Fsp3) is 0.250. The predicted molar refractivity (Wildman–Crippen MR) is 96.1 cm³/mol. The molecule has 0 spiro atoms. The van der Waals surface area contributed by atoms with Crippen molar-refractivity contribution < 1.29 is 19.0 Å². The number of carbonyl (C=O) groups is 1. The van der Waals surface area contributed by atoms with Gasteiger partial charge in [0, 0.05) is 7.11 Å². The van der Waals surface area contributed by atoms with Crippen LogP contribution in [-0.4, -0.2) is 25.7 Å². The zero-order valence-electron chi connectivity index (χ0n) is 14.3. The lowest BCUT2D eigenvalue weighted by Gasteiger charge is -2.21. The van der Waals surface area contributed by atoms with Gasteiger partial charge in [-0.2, -0.15) is 0 Å². The number of hydrogen-bond donors (Lipinski definition) is 1. The molecule has 5 nitrogen and oxygen atoms in total. The predicted octanol–water partition coefficient (Wildman–Crippen LogP) is 3.01.